The fourth-order valence-corrected chi connectivity index (χ4v) is 6.77. The first kappa shape index (κ1) is 37.0. The lowest BCUT2D eigenvalue weighted by molar-refractivity contribution is -0.144. The Balaban J connectivity index is 1.58. The summed E-state index contributed by atoms with van der Waals surface area (Å²) in [6.45, 7) is 3.30. The molecular formula is C37H32ClF6N3O5. The fourth-order valence-electron chi connectivity index (χ4n) is 6.54. The van der Waals surface area contributed by atoms with Gasteiger partial charge in [-0.25, -0.2) is 13.2 Å². The molecule has 0 aliphatic carbocycles. The lowest BCUT2D eigenvalue weighted by atomic mass is 9.94. The Hall–Kier alpha value is -4.82. The Labute approximate surface area is 298 Å². The summed E-state index contributed by atoms with van der Waals surface area (Å²) in [4.78, 5) is 42.4. The van der Waals surface area contributed by atoms with Crippen LogP contribution in [0.4, 0.5) is 26.3 Å². The van der Waals surface area contributed by atoms with E-state index in [2.05, 4.69) is 5.32 Å². The molecule has 0 unspecified atom stereocenters. The van der Waals surface area contributed by atoms with Gasteiger partial charge < -0.3 is 14.8 Å². The van der Waals surface area contributed by atoms with Crippen LogP contribution in [0.1, 0.15) is 53.2 Å². The molecular weight excluding hydrogens is 716 g/mol. The zero-order chi connectivity index (χ0) is 37.5. The summed E-state index contributed by atoms with van der Waals surface area (Å²) in [6.07, 6.45) is -6.20. The van der Waals surface area contributed by atoms with Crippen molar-refractivity contribution in [3.63, 3.8) is 0 Å². The predicted octanol–water partition coefficient (Wildman–Crippen LogP) is 7.48. The van der Waals surface area contributed by atoms with E-state index in [0.29, 0.717) is 27.3 Å². The Bertz CT molecular complexity index is 2100. The van der Waals surface area contributed by atoms with Crippen LogP contribution in [0.2, 0.25) is 5.02 Å². The van der Waals surface area contributed by atoms with Crippen LogP contribution in [0.15, 0.2) is 65.6 Å². The summed E-state index contributed by atoms with van der Waals surface area (Å²) in [5.74, 6) is -3.82. The van der Waals surface area contributed by atoms with E-state index in [1.54, 1.807) is 30.0 Å². The van der Waals surface area contributed by atoms with Gasteiger partial charge >= 0.3 is 12.1 Å². The molecule has 1 N–H and O–H groups in total. The molecule has 4 aromatic rings. The van der Waals surface area contributed by atoms with E-state index in [1.165, 1.54) is 25.1 Å². The highest BCUT2D eigenvalue weighted by Crippen LogP contribution is 2.41. The third-order valence-electron chi connectivity index (χ3n) is 9.04. The molecule has 4 bridgehead atoms. The second kappa shape index (κ2) is 14.7. The number of carbonyl (C=O) groups is 2. The van der Waals surface area contributed by atoms with Gasteiger partial charge in [0.15, 0.2) is 0 Å². The van der Waals surface area contributed by atoms with Gasteiger partial charge in [-0.05, 0) is 73.4 Å². The van der Waals surface area contributed by atoms with Crippen LogP contribution < -0.4 is 15.6 Å². The van der Waals surface area contributed by atoms with E-state index in [0.717, 1.165) is 18.3 Å². The summed E-state index contributed by atoms with van der Waals surface area (Å²) in [5.41, 5.74) is -2.25. The summed E-state index contributed by atoms with van der Waals surface area (Å²) < 4.78 is 99.9. The lowest BCUT2D eigenvalue weighted by Crippen LogP contribution is -2.49. The van der Waals surface area contributed by atoms with Gasteiger partial charge in [-0.15, -0.1) is 0 Å². The third kappa shape index (κ3) is 7.54. The van der Waals surface area contributed by atoms with Crippen molar-refractivity contribution in [3.05, 3.63) is 116 Å². The number of nitrogens with one attached hydrogen (secondary N) is 1. The molecule has 1 aromatic heterocycles. The van der Waals surface area contributed by atoms with Crippen LogP contribution in [-0.4, -0.2) is 53.8 Å². The summed E-state index contributed by atoms with van der Waals surface area (Å²) in [6, 6.07) is 7.90. The average Bonchev–Trinajstić information content (AvgIpc) is 3.06. The smallest absolute Gasteiger partial charge is 0.416 e. The van der Waals surface area contributed by atoms with Crippen LogP contribution in [0.3, 0.4) is 0 Å². The third-order valence-corrected chi connectivity index (χ3v) is 9.32. The van der Waals surface area contributed by atoms with Crippen molar-refractivity contribution in [2.24, 2.45) is 0 Å². The molecule has 3 heterocycles. The first-order valence-electron chi connectivity index (χ1n) is 16.4. The minimum absolute atomic E-state index is 0.00412. The number of fused-ring (bicyclic) bond motifs is 6. The van der Waals surface area contributed by atoms with E-state index in [9.17, 15) is 31.9 Å². The second-order valence-corrected chi connectivity index (χ2v) is 13.0. The number of alkyl halides is 4. The molecule has 15 heteroatoms. The zero-order valence-corrected chi connectivity index (χ0v) is 28.6. The maximum atomic E-state index is 15.9. The second-order valence-electron chi connectivity index (χ2n) is 12.6. The first-order valence-corrected chi connectivity index (χ1v) is 16.7. The van der Waals surface area contributed by atoms with Crippen molar-refractivity contribution in [2.75, 3.05) is 26.2 Å². The summed E-state index contributed by atoms with van der Waals surface area (Å²) in [7, 11) is 0. The van der Waals surface area contributed by atoms with E-state index in [-0.39, 0.29) is 54.7 Å². The van der Waals surface area contributed by atoms with Crippen LogP contribution in [-0.2, 0) is 26.9 Å². The Kier molecular flexibility index (Phi) is 10.4. The molecule has 52 heavy (non-hydrogen) atoms. The number of likely N-dealkylation sites (tertiary alicyclic amines) is 1. The molecule has 0 spiro atoms. The Morgan fingerprint density at radius 3 is 2.50 bits per heavy atom. The molecule has 1 amide bonds. The number of nitrogens with zero attached hydrogens (tertiary/aromatic N) is 2. The van der Waals surface area contributed by atoms with Gasteiger partial charge in [0.25, 0.3) is 5.56 Å². The molecule has 1 saturated heterocycles. The van der Waals surface area contributed by atoms with E-state index in [1.807, 2.05) is 0 Å². The maximum absolute atomic E-state index is 15.9. The van der Waals surface area contributed by atoms with Crippen molar-refractivity contribution in [2.45, 2.75) is 51.1 Å². The SMILES string of the molecule is CCOC(=O)C[C@@H]1NC(=O)[C@H](n2cc(CCN3CC(F)C3)c(C(F)(F)F)cc2=O)c2cc(ccc2F)Oc2cccc(C)c2-c2cc(Cl)c(F)c1c2. The van der Waals surface area contributed by atoms with Gasteiger partial charge in [-0.1, -0.05) is 23.7 Å². The van der Waals surface area contributed by atoms with Crippen LogP contribution in [0.5, 0.6) is 11.5 Å². The topological polar surface area (TPSA) is 89.9 Å². The number of aryl methyl sites for hydroxylation is 1. The molecule has 2 aliphatic heterocycles. The number of rotatable bonds is 7. The maximum Gasteiger partial charge on any atom is 0.416 e. The number of ether oxygens (including phenoxy) is 2. The number of hydrogen-bond acceptors (Lipinski definition) is 6. The lowest BCUT2D eigenvalue weighted by Gasteiger charge is -2.34. The van der Waals surface area contributed by atoms with Gasteiger partial charge in [0.05, 0.1) is 29.7 Å². The molecule has 274 valence electrons. The quantitative estimate of drug-likeness (QED) is 0.156. The van der Waals surface area contributed by atoms with Crippen molar-refractivity contribution in [3.8, 4) is 22.6 Å². The summed E-state index contributed by atoms with van der Waals surface area (Å²) in [5, 5.41) is 2.16. The molecule has 2 atom stereocenters. The number of halogens is 7. The average molecular weight is 748 g/mol. The first-order chi connectivity index (χ1) is 24.6. The van der Waals surface area contributed by atoms with Crippen molar-refractivity contribution < 1.29 is 45.4 Å². The molecule has 3 aromatic carbocycles. The van der Waals surface area contributed by atoms with E-state index in [4.69, 9.17) is 21.1 Å². The van der Waals surface area contributed by atoms with Crippen molar-refractivity contribution >= 4 is 23.5 Å². The largest absolute Gasteiger partial charge is 0.466 e. The molecule has 0 saturated carbocycles. The fraction of sp³-hybridized carbons (Fsp3) is 0.324. The zero-order valence-electron chi connectivity index (χ0n) is 27.8. The minimum atomic E-state index is -4.98. The number of benzene rings is 3. The van der Waals surface area contributed by atoms with E-state index < -0.39 is 76.6 Å². The van der Waals surface area contributed by atoms with Gasteiger partial charge in [0.2, 0.25) is 5.91 Å². The van der Waals surface area contributed by atoms with E-state index >= 15 is 8.78 Å². The number of hydrogen-bond donors (Lipinski definition) is 1. The summed E-state index contributed by atoms with van der Waals surface area (Å²) >= 11 is 6.39. The highest BCUT2D eigenvalue weighted by Gasteiger charge is 2.38. The predicted molar refractivity (Wildman–Crippen MR) is 179 cm³/mol. The number of amides is 1. The normalized spacial score (nSPS) is 17.8. The Morgan fingerprint density at radius 2 is 1.81 bits per heavy atom. The molecule has 6 rings (SSSR count). The van der Waals surface area contributed by atoms with Crippen LogP contribution in [0.25, 0.3) is 11.1 Å². The van der Waals surface area contributed by atoms with Crippen molar-refractivity contribution in [1.82, 2.24) is 14.8 Å². The number of carbonyl (C=O) groups excluding carboxylic acids is 2. The monoisotopic (exact) mass is 747 g/mol. The number of pyridine rings is 1. The standard InChI is InChI=1S/C37H32ClF6N3O5/c1-3-51-32(49)15-29-25-11-21(12-27(38)34(25)41)33-19(2)5-4-6-30(33)52-23-7-8-28(40)24(13-23)35(36(50)45-29)47-16-20(9-10-46-17-22(39)18-46)26(14-31(47)48)37(42,43)44/h4-8,11-14,16,22,29,35H,3,9-10,15,17-18H2,1-2H3,(H,45,50)/t29-,35+/m0/s1. The van der Waals surface area contributed by atoms with Crippen LogP contribution >= 0.6 is 11.6 Å². The molecule has 0 radical (unpaired) electrons. The Morgan fingerprint density at radius 1 is 1.06 bits per heavy atom. The van der Waals surface area contributed by atoms with Gasteiger partial charge in [0.1, 0.15) is 35.3 Å². The number of aromatic nitrogens is 1. The van der Waals surface area contributed by atoms with Crippen LogP contribution in [0, 0.1) is 18.6 Å². The molecule has 2 aliphatic rings. The molecule has 1 fully saturated rings. The molecule has 8 nitrogen and oxygen atoms in total. The van der Waals surface area contributed by atoms with Crippen molar-refractivity contribution in [1.29, 1.82) is 0 Å². The van der Waals surface area contributed by atoms with Gasteiger partial charge in [-0.3, -0.25) is 23.9 Å². The highest BCUT2D eigenvalue weighted by atomic mass is 35.5. The highest BCUT2D eigenvalue weighted by molar-refractivity contribution is 6.31. The number of esters is 1. The minimum Gasteiger partial charge on any atom is -0.466 e. The van der Waals surface area contributed by atoms with Gasteiger partial charge in [0, 0.05) is 48.6 Å². The van der Waals surface area contributed by atoms with Gasteiger partial charge in [-0.2, -0.15) is 13.2 Å².